The van der Waals surface area contributed by atoms with Gasteiger partial charge < -0.3 is 20.1 Å². The van der Waals surface area contributed by atoms with Gasteiger partial charge >= 0.3 is 0 Å². The van der Waals surface area contributed by atoms with Crippen molar-refractivity contribution >= 4 is 29.9 Å². The van der Waals surface area contributed by atoms with E-state index in [1.165, 1.54) is 11.3 Å². The Hall–Kier alpha value is -0.870. The number of aryl methyl sites for hydroxylation is 2. The third kappa shape index (κ3) is 7.10. The van der Waals surface area contributed by atoms with Crippen molar-refractivity contribution in [3.8, 4) is 0 Å². The first-order chi connectivity index (χ1) is 11.6. The zero-order chi connectivity index (χ0) is 17.4. The Kier molecular flexibility index (Phi) is 10.4. The summed E-state index contributed by atoms with van der Waals surface area (Å²) in [5.74, 6) is 0.809. The number of nitrogens with one attached hydrogen (secondary N) is 2. The van der Waals surface area contributed by atoms with Gasteiger partial charge in [-0.2, -0.15) is 5.10 Å². The third-order valence-corrected chi connectivity index (χ3v) is 4.45. The molecule has 2 rings (SSSR count). The second-order valence-electron chi connectivity index (χ2n) is 6.16. The first kappa shape index (κ1) is 22.2. The summed E-state index contributed by atoms with van der Waals surface area (Å²) >= 11 is 0. The molecule has 0 atom stereocenters. The zero-order valence-electron chi connectivity index (χ0n) is 15.8. The van der Waals surface area contributed by atoms with E-state index in [2.05, 4.69) is 27.6 Å². The molecular formula is C17H32IN5O2. The smallest absolute Gasteiger partial charge is 0.191 e. The second-order valence-corrected chi connectivity index (χ2v) is 6.16. The average Bonchev–Trinajstić information content (AvgIpc) is 2.83. The number of hydrogen-bond donors (Lipinski definition) is 2. The molecule has 0 unspecified atom stereocenters. The number of aromatic nitrogens is 2. The molecule has 1 aromatic heterocycles. The molecule has 0 spiro atoms. The highest BCUT2D eigenvalue weighted by Crippen LogP contribution is 2.11. The number of guanidine groups is 1. The van der Waals surface area contributed by atoms with Gasteiger partial charge in [-0.25, -0.2) is 0 Å². The number of halogens is 1. The molecule has 144 valence electrons. The van der Waals surface area contributed by atoms with Crippen LogP contribution in [-0.2, 0) is 23.1 Å². The summed E-state index contributed by atoms with van der Waals surface area (Å²) in [7, 11) is 3.76. The SMILES string of the molecule is CN=C(NCCCOC1CCOCC1)NCc1c(C)nn(C)c1C.I. The van der Waals surface area contributed by atoms with Crippen molar-refractivity contribution in [3.63, 3.8) is 0 Å². The van der Waals surface area contributed by atoms with Crippen LogP contribution in [0.2, 0.25) is 0 Å². The van der Waals surface area contributed by atoms with Gasteiger partial charge in [-0.1, -0.05) is 0 Å². The van der Waals surface area contributed by atoms with E-state index in [0.717, 1.165) is 63.8 Å². The minimum atomic E-state index is 0. The quantitative estimate of drug-likeness (QED) is 0.279. The lowest BCUT2D eigenvalue weighted by Gasteiger charge is -2.22. The average molecular weight is 465 g/mol. The molecule has 2 N–H and O–H groups in total. The predicted octanol–water partition coefficient (Wildman–Crippen LogP) is 1.91. The van der Waals surface area contributed by atoms with Crippen LogP contribution < -0.4 is 10.6 Å². The van der Waals surface area contributed by atoms with Crippen LogP contribution in [0.15, 0.2) is 4.99 Å². The fourth-order valence-electron chi connectivity index (χ4n) is 2.84. The van der Waals surface area contributed by atoms with Crippen LogP contribution in [0.5, 0.6) is 0 Å². The first-order valence-corrected chi connectivity index (χ1v) is 8.74. The van der Waals surface area contributed by atoms with Crippen LogP contribution in [0.25, 0.3) is 0 Å². The van der Waals surface area contributed by atoms with Gasteiger partial charge in [-0.3, -0.25) is 9.67 Å². The minimum absolute atomic E-state index is 0. The first-order valence-electron chi connectivity index (χ1n) is 8.74. The summed E-state index contributed by atoms with van der Waals surface area (Å²) in [6.07, 6.45) is 3.36. The van der Waals surface area contributed by atoms with E-state index in [-0.39, 0.29) is 24.0 Å². The fourth-order valence-corrected chi connectivity index (χ4v) is 2.84. The van der Waals surface area contributed by atoms with Crippen molar-refractivity contribution in [1.29, 1.82) is 0 Å². The topological polar surface area (TPSA) is 72.7 Å². The zero-order valence-corrected chi connectivity index (χ0v) is 18.1. The molecule has 0 amide bonds. The fraction of sp³-hybridized carbons (Fsp3) is 0.765. The second kappa shape index (κ2) is 11.7. The lowest BCUT2D eigenvalue weighted by Crippen LogP contribution is -2.38. The number of ether oxygens (including phenoxy) is 2. The van der Waals surface area contributed by atoms with Crippen molar-refractivity contribution in [1.82, 2.24) is 20.4 Å². The van der Waals surface area contributed by atoms with Gasteiger partial charge in [0.15, 0.2) is 5.96 Å². The summed E-state index contributed by atoms with van der Waals surface area (Å²) in [5.41, 5.74) is 3.46. The molecule has 1 fully saturated rings. The highest BCUT2D eigenvalue weighted by molar-refractivity contribution is 14.0. The summed E-state index contributed by atoms with van der Waals surface area (Å²) < 4.78 is 13.1. The Labute approximate surface area is 168 Å². The largest absolute Gasteiger partial charge is 0.381 e. The van der Waals surface area contributed by atoms with Gasteiger partial charge in [0.1, 0.15) is 0 Å². The summed E-state index contributed by atoms with van der Waals surface area (Å²) in [4.78, 5) is 4.27. The third-order valence-electron chi connectivity index (χ3n) is 4.45. The van der Waals surface area contributed by atoms with Gasteiger partial charge in [0, 0.05) is 58.3 Å². The normalized spacial score (nSPS) is 15.8. The molecule has 0 aliphatic carbocycles. The van der Waals surface area contributed by atoms with Crippen molar-refractivity contribution in [2.45, 2.75) is 45.8 Å². The van der Waals surface area contributed by atoms with E-state index < -0.39 is 0 Å². The van der Waals surface area contributed by atoms with Gasteiger partial charge in [0.2, 0.25) is 0 Å². The highest BCUT2D eigenvalue weighted by atomic mass is 127. The molecule has 8 heteroatoms. The maximum absolute atomic E-state index is 5.87. The molecule has 25 heavy (non-hydrogen) atoms. The molecule has 0 saturated carbocycles. The number of aliphatic imine (C=N–C) groups is 1. The van der Waals surface area contributed by atoms with Gasteiger partial charge in [-0.05, 0) is 33.1 Å². The predicted molar refractivity (Wildman–Crippen MR) is 111 cm³/mol. The van der Waals surface area contributed by atoms with Crippen LogP contribution in [0.4, 0.5) is 0 Å². The molecule has 1 aliphatic heterocycles. The van der Waals surface area contributed by atoms with E-state index in [1.807, 2.05) is 18.7 Å². The number of nitrogens with zero attached hydrogens (tertiary/aromatic N) is 3. The van der Waals surface area contributed by atoms with E-state index in [1.54, 1.807) is 7.05 Å². The highest BCUT2D eigenvalue weighted by Gasteiger charge is 2.13. The maximum atomic E-state index is 5.87. The molecule has 0 aromatic carbocycles. The Balaban J connectivity index is 0.00000312. The molecular weight excluding hydrogens is 433 g/mol. The molecule has 7 nitrogen and oxygen atoms in total. The summed E-state index contributed by atoms with van der Waals surface area (Å²) in [6.45, 7) is 8.11. The van der Waals surface area contributed by atoms with Gasteiger partial charge in [-0.15, -0.1) is 24.0 Å². The van der Waals surface area contributed by atoms with Crippen molar-refractivity contribution in [2.24, 2.45) is 12.0 Å². The molecule has 0 radical (unpaired) electrons. The van der Waals surface area contributed by atoms with Crippen LogP contribution in [0, 0.1) is 13.8 Å². The monoisotopic (exact) mass is 465 g/mol. The van der Waals surface area contributed by atoms with Crippen LogP contribution in [0.3, 0.4) is 0 Å². The van der Waals surface area contributed by atoms with E-state index >= 15 is 0 Å². The summed E-state index contributed by atoms with van der Waals surface area (Å²) in [5, 5.41) is 11.1. The van der Waals surface area contributed by atoms with E-state index in [0.29, 0.717) is 6.10 Å². The number of rotatable bonds is 7. The van der Waals surface area contributed by atoms with Crippen LogP contribution >= 0.6 is 24.0 Å². The van der Waals surface area contributed by atoms with E-state index in [4.69, 9.17) is 9.47 Å². The lowest BCUT2D eigenvalue weighted by molar-refractivity contribution is -0.0320. The lowest BCUT2D eigenvalue weighted by atomic mass is 10.1. The molecule has 2 heterocycles. The molecule has 1 saturated heterocycles. The number of hydrogen-bond acceptors (Lipinski definition) is 4. The van der Waals surface area contributed by atoms with Gasteiger partial charge in [0.25, 0.3) is 0 Å². The Morgan fingerprint density at radius 1 is 1.32 bits per heavy atom. The Bertz CT molecular complexity index is 541. The standard InChI is InChI=1S/C17H31N5O2.HI/c1-13-16(14(2)22(4)21-13)12-20-17(18-3)19-8-5-9-24-15-6-10-23-11-7-15;/h15H,5-12H2,1-4H3,(H2,18,19,20);1H. The van der Waals surface area contributed by atoms with E-state index in [9.17, 15) is 0 Å². The van der Waals surface area contributed by atoms with Crippen molar-refractivity contribution < 1.29 is 9.47 Å². The van der Waals surface area contributed by atoms with Crippen LogP contribution in [0.1, 0.15) is 36.2 Å². The Morgan fingerprint density at radius 3 is 2.64 bits per heavy atom. The minimum Gasteiger partial charge on any atom is -0.381 e. The molecule has 1 aliphatic rings. The van der Waals surface area contributed by atoms with Crippen LogP contribution in [-0.4, -0.2) is 55.3 Å². The van der Waals surface area contributed by atoms with Crippen molar-refractivity contribution in [2.75, 3.05) is 33.4 Å². The van der Waals surface area contributed by atoms with Gasteiger partial charge in [0.05, 0.1) is 11.8 Å². The van der Waals surface area contributed by atoms with Crippen molar-refractivity contribution in [3.05, 3.63) is 17.0 Å². The molecule has 0 bridgehead atoms. The molecule has 1 aromatic rings. The summed E-state index contributed by atoms with van der Waals surface area (Å²) in [6, 6.07) is 0. The Morgan fingerprint density at radius 2 is 2.04 bits per heavy atom. The maximum Gasteiger partial charge on any atom is 0.191 e.